The summed E-state index contributed by atoms with van der Waals surface area (Å²) in [6.45, 7) is 6.39. The van der Waals surface area contributed by atoms with Crippen molar-refractivity contribution in [2.45, 2.75) is 70.0 Å². The fourth-order valence-corrected chi connectivity index (χ4v) is 5.67. The largest absolute Gasteiger partial charge is 0.417 e. The van der Waals surface area contributed by atoms with Crippen LogP contribution in [0.4, 0.5) is 0 Å². The van der Waals surface area contributed by atoms with Crippen LogP contribution in [0.2, 0.25) is 0 Å². The molecule has 0 amide bonds. The van der Waals surface area contributed by atoms with Gasteiger partial charge in [-0.05, 0) is 38.0 Å². The lowest BCUT2D eigenvalue weighted by molar-refractivity contribution is -0.585. The summed E-state index contributed by atoms with van der Waals surface area (Å²) in [5.74, 6) is -1.32. The first kappa shape index (κ1) is 15.5. The van der Waals surface area contributed by atoms with Gasteiger partial charge in [0.1, 0.15) is 0 Å². The molecule has 1 aliphatic carbocycles. The minimum atomic E-state index is -1.12. The first-order valence-electron chi connectivity index (χ1n) is 9.08. The second-order valence-corrected chi connectivity index (χ2v) is 8.31. The molecular formula is C17H25NO6. The van der Waals surface area contributed by atoms with Gasteiger partial charge in [0, 0.05) is 18.3 Å². The molecule has 5 aliphatic heterocycles. The third kappa shape index (κ3) is 1.77. The molecule has 2 spiro atoms. The van der Waals surface area contributed by atoms with E-state index in [1.165, 1.54) is 0 Å². The Kier molecular flexibility index (Phi) is 3.04. The van der Waals surface area contributed by atoms with Crippen LogP contribution in [0.1, 0.15) is 46.5 Å². The molecule has 7 nitrogen and oxygen atoms in total. The molecule has 5 saturated heterocycles. The fraction of sp³-hybridized carbons (Fsp3) is 0.941. The maximum atomic E-state index is 11.8. The zero-order valence-corrected chi connectivity index (χ0v) is 14.4. The van der Waals surface area contributed by atoms with Crippen molar-refractivity contribution in [2.75, 3.05) is 6.54 Å². The predicted octanol–water partition coefficient (Wildman–Crippen LogP) is 1.67. The summed E-state index contributed by atoms with van der Waals surface area (Å²) < 4.78 is 18.1. The van der Waals surface area contributed by atoms with Crippen molar-refractivity contribution in [3.63, 3.8) is 0 Å². The molecule has 5 heterocycles. The monoisotopic (exact) mass is 339 g/mol. The quantitative estimate of drug-likeness (QED) is 0.531. The van der Waals surface area contributed by atoms with E-state index in [1.807, 2.05) is 6.92 Å². The topological polar surface area (TPSA) is 75.3 Å². The molecule has 1 saturated carbocycles. The fourth-order valence-electron chi connectivity index (χ4n) is 5.67. The molecule has 5 unspecified atom stereocenters. The van der Waals surface area contributed by atoms with E-state index < -0.39 is 23.6 Å². The zero-order valence-electron chi connectivity index (χ0n) is 14.4. The lowest BCUT2D eigenvalue weighted by Gasteiger charge is -2.61. The molecule has 134 valence electrons. The number of nitrogens with one attached hydrogen (secondary N) is 1. The number of carbonyl (C=O) groups is 1. The van der Waals surface area contributed by atoms with Gasteiger partial charge in [-0.3, -0.25) is 9.53 Å². The highest BCUT2D eigenvalue weighted by molar-refractivity contribution is 5.74. The van der Waals surface area contributed by atoms with Crippen molar-refractivity contribution in [1.29, 1.82) is 0 Å². The van der Waals surface area contributed by atoms with Crippen molar-refractivity contribution < 1.29 is 28.8 Å². The highest BCUT2D eigenvalue weighted by Crippen LogP contribution is 2.62. The first-order chi connectivity index (χ1) is 11.4. The van der Waals surface area contributed by atoms with E-state index in [4.69, 9.17) is 24.0 Å². The Morgan fingerprint density at radius 3 is 2.67 bits per heavy atom. The number of hydrogen-bond donors (Lipinski definition) is 1. The summed E-state index contributed by atoms with van der Waals surface area (Å²) in [6.07, 6.45) is 3.25. The molecular weight excluding hydrogens is 314 g/mol. The van der Waals surface area contributed by atoms with Gasteiger partial charge in [0.15, 0.2) is 11.9 Å². The van der Waals surface area contributed by atoms with Gasteiger partial charge >= 0.3 is 5.97 Å². The maximum Gasteiger partial charge on any atom is 0.323 e. The second kappa shape index (κ2) is 4.71. The van der Waals surface area contributed by atoms with Gasteiger partial charge in [-0.1, -0.05) is 13.8 Å². The molecule has 0 aromatic heterocycles. The standard InChI is InChI=1S/C17H25NO6/c1-9-4-5-12-10(2)17(18-8-13(19)20-17)22-14-16(12)11(9)6-7-15(3,21-14)23-24-16/h9-12,14,18H,4-8H2,1-3H3/t9-,10-,11?,12?,14+,15?,16?,17?/m1/s1. The Labute approximate surface area is 141 Å². The van der Waals surface area contributed by atoms with Crippen LogP contribution in [0, 0.1) is 23.7 Å². The van der Waals surface area contributed by atoms with Crippen molar-refractivity contribution in [1.82, 2.24) is 5.32 Å². The van der Waals surface area contributed by atoms with Crippen molar-refractivity contribution in [3.05, 3.63) is 0 Å². The molecule has 0 radical (unpaired) electrons. The number of ether oxygens (including phenoxy) is 3. The van der Waals surface area contributed by atoms with Crippen molar-refractivity contribution in [3.8, 4) is 0 Å². The third-order valence-corrected chi connectivity index (χ3v) is 7.01. The Hall–Kier alpha value is -0.730. The Balaban J connectivity index is 1.62. The van der Waals surface area contributed by atoms with Crippen LogP contribution in [0.25, 0.3) is 0 Å². The van der Waals surface area contributed by atoms with Gasteiger partial charge < -0.3 is 9.47 Å². The molecule has 6 fully saturated rings. The van der Waals surface area contributed by atoms with Crippen LogP contribution in [-0.4, -0.2) is 36.1 Å². The smallest absolute Gasteiger partial charge is 0.323 e. The normalized spacial score (nSPS) is 59.1. The molecule has 24 heavy (non-hydrogen) atoms. The van der Waals surface area contributed by atoms with Gasteiger partial charge in [-0.2, -0.15) is 0 Å². The van der Waals surface area contributed by atoms with Crippen molar-refractivity contribution >= 4 is 5.97 Å². The van der Waals surface area contributed by atoms with E-state index in [2.05, 4.69) is 19.2 Å². The van der Waals surface area contributed by atoms with Crippen LogP contribution in [0.5, 0.6) is 0 Å². The van der Waals surface area contributed by atoms with Crippen molar-refractivity contribution in [2.24, 2.45) is 23.7 Å². The van der Waals surface area contributed by atoms with Gasteiger partial charge in [0.25, 0.3) is 5.91 Å². The molecule has 0 aromatic rings. The molecule has 8 atom stereocenters. The zero-order chi connectivity index (χ0) is 16.7. The van der Waals surface area contributed by atoms with E-state index in [0.29, 0.717) is 11.8 Å². The summed E-state index contributed by atoms with van der Waals surface area (Å²) >= 11 is 0. The first-order valence-corrected chi connectivity index (χ1v) is 9.08. The van der Waals surface area contributed by atoms with Crippen LogP contribution in [-0.2, 0) is 28.8 Å². The van der Waals surface area contributed by atoms with Crippen LogP contribution >= 0.6 is 0 Å². The molecule has 6 rings (SSSR count). The highest BCUT2D eigenvalue weighted by atomic mass is 17.3. The summed E-state index contributed by atoms with van der Waals surface area (Å²) in [4.78, 5) is 23.6. The number of rotatable bonds is 0. The van der Waals surface area contributed by atoms with E-state index in [1.54, 1.807) is 0 Å². The van der Waals surface area contributed by atoms with Gasteiger partial charge in [0.05, 0.1) is 6.54 Å². The van der Waals surface area contributed by atoms with Gasteiger partial charge in [-0.25, -0.2) is 15.1 Å². The molecule has 6 aliphatic rings. The number of esters is 1. The Bertz CT molecular complexity index is 585. The average molecular weight is 339 g/mol. The SMILES string of the molecule is C[C@@H]1CCC2[C@@H](C)C3(NCC(=O)O3)O[C@@H]3OC4(C)CCC1C23OO4. The molecule has 7 heteroatoms. The average Bonchev–Trinajstić information content (AvgIpc) is 2.76. The molecule has 1 N–H and O–H groups in total. The predicted molar refractivity (Wildman–Crippen MR) is 79.9 cm³/mol. The van der Waals surface area contributed by atoms with Gasteiger partial charge in [0.2, 0.25) is 5.79 Å². The minimum Gasteiger partial charge on any atom is -0.417 e. The Morgan fingerprint density at radius 1 is 1.08 bits per heavy atom. The van der Waals surface area contributed by atoms with E-state index >= 15 is 0 Å². The van der Waals surface area contributed by atoms with Crippen LogP contribution in [0.15, 0.2) is 0 Å². The number of fused-ring (bicyclic) bond motifs is 2. The number of hydrogen-bond acceptors (Lipinski definition) is 7. The minimum absolute atomic E-state index is 0.0511. The van der Waals surface area contributed by atoms with E-state index in [-0.39, 0.29) is 24.3 Å². The summed E-state index contributed by atoms with van der Waals surface area (Å²) in [6, 6.07) is 0. The van der Waals surface area contributed by atoms with E-state index in [0.717, 1.165) is 25.7 Å². The highest BCUT2D eigenvalue weighted by Gasteiger charge is 2.73. The van der Waals surface area contributed by atoms with E-state index in [9.17, 15) is 4.79 Å². The summed E-state index contributed by atoms with van der Waals surface area (Å²) in [5, 5.41) is 3.14. The second-order valence-electron chi connectivity index (χ2n) is 8.31. The van der Waals surface area contributed by atoms with Gasteiger partial charge in [-0.15, -0.1) is 0 Å². The third-order valence-electron chi connectivity index (χ3n) is 7.01. The number of carbonyl (C=O) groups excluding carboxylic acids is 1. The van der Waals surface area contributed by atoms with Crippen LogP contribution < -0.4 is 5.32 Å². The lowest BCUT2D eigenvalue weighted by Crippen LogP contribution is -2.75. The van der Waals surface area contributed by atoms with Crippen LogP contribution in [0.3, 0.4) is 0 Å². The molecule has 0 aromatic carbocycles. The summed E-state index contributed by atoms with van der Waals surface area (Å²) in [5.41, 5.74) is -0.630. The lowest BCUT2D eigenvalue weighted by atomic mass is 9.57. The summed E-state index contributed by atoms with van der Waals surface area (Å²) in [7, 11) is 0. The Morgan fingerprint density at radius 2 is 1.92 bits per heavy atom. The maximum absolute atomic E-state index is 11.8. The molecule has 2 bridgehead atoms.